The first-order valence-corrected chi connectivity index (χ1v) is 7.09. The van der Waals surface area contributed by atoms with Crippen molar-refractivity contribution >= 4 is 0 Å². The number of nitrogens with one attached hydrogen (secondary N) is 1. The molecule has 0 aromatic heterocycles. The zero-order chi connectivity index (χ0) is 12.1. The number of methoxy groups -OCH3 is 1. The number of hydrogen-bond donors (Lipinski definition) is 1. The fraction of sp³-hybridized carbons (Fsp3) is 1.00. The highest BCUT2D eigenvalue weighted by molar-refractivity contribution is 4.92. The van der Waals surface area contributed by atoms with Crippen molar-refractivity contribution in [1.29, 1.82) is 0 Å². The zero-order valence-electron chi connectivity index (χ0n) is 11.3. The van der Waals surface area contributed by atoms with E-state index in [0.29, 0.717) is 17.6 Å². The highest BCUT2D eigenvalue weighted by Crippen LogP contribution is 2.46. The normalized spacial score (nSPS) is 31.4. The molecule has 2 aliphatic rings. The first-order valence-electron chi connectivity index (χ1n) is 7.09. The molecule has 1 heterocycles. The molecule has 3 nitrogen and oxygen atoms in total. The standard InChI is InChI=1S/C14H27NO2/c1-12-4-5-13(17-12)10-14(6-3-7-14)11-15-8-9-16-2/h12-13,15H,3-11H2,1-2H3. The van der Waals surface area contributed by atoms with E-state index in [-0.39, 0.29) is 0 Å². The monoisotopic (exact) mass is 241 g/mol. The average Bonchev–Trinajstić information content (AvgIpc) is 2.66. The predicted molar refractivity (Wildman–Crippen MR) is 69.2 cm³/mol. The molecule has 100 valence electrons. The summed E-state index contributed by atoms with van der Waals surface area (Å²) in [5, 5.41) is 3.53. The molecular weight excluding hydrogens is 214 g/mol. The topological polar surface area (TPSA) is 30.5 Å². The molecule has 1 N–H and O–H groups in total. The molecule has 2 atom stereocenters. The van der Waals surface area contributed by atoms with Gasteiger partial charge in [-0.1, -0.05) is 6.42 Å². The summed E-state index contributed by atoms with van der Waals surface area (Å²) in [5.74, 6) is 0. The number of hydrogen-bond acceptors (Lipinski definition) is 3. The molecule has 1 aliphatic carbocycles. The van der Waals surface area contributed by atoms with Gasteiger partial charge in [0, 0.05) is 20.2 Å². The minimum absolute atomic E-state index is 0.485. The summed E-state index contributed by atoms with van der Waals surface area (Å²) in [7, 11) is 1.76. The average molecular weight is 241 g/mol. The molecule has 2 rings (SSSR count). The largest absolute Gasteiger partial charge is 0.383 e. The summed E-state index contributed by atoms with van der Waals surface area (Å²) in [5.41, 5.74) is 0.530. The van der Waals surface area contributed by atoms with E-state index in [1.54, 1.807) is 7.11 Å². The number of ether oxygens (including phenoxy) is 2. The first kappa shape index (κ1) is 13.3. The lowest BCUT2D eigenvalue weighted by Gasteiger charge is -2.43. The third kappa shape index (κ3) is 3.67. The molecule has 0 spiro atoms. The fourth-order valence-electron chi connectivity index (χ4n) is 3.18. The summed E-state index contributed by atoms with van der Waals surface area (Å²) >= 11 is 0. The lowest BCUT2D eigenvalue weighted by atomic mass is 9.65. The molecule has 2 fully saturated rings. The summed E-state index contributed by atoms with van der Waals surface area (Å²) in [6, 6.07) is 0. The van der Waals surface area contributed by atoms with Crippen LogP contribution in [0.15, 0.2) is 0 Å². The van der Waals surface area contributed by atoms with Gasteiger partial charge < -0.3 is 14.8 Å². The van der Waals surface area contributed by atoms with Crippen LogP contribution in [-0.4, -0.2) is 39.0 Å². The molecule has 1 saturated carbocycles. The summed E-state index contributed by atoms with van der Waals surface area (Å²) in [6.07, 6.45) is 8.93. The van der Waals surface area contributed by atoms with Crippen LogP contribution in [0, 0.1) is 5.41 Å². The molecule has 0 bridgehead atoms. The Morgan fingerprint density at radius 2 is 2.18 bits per heavy atom. The van der Waals surface area contributed by atoms with Gasteiger partial charge in [0.05, 0.1) is 18.8 Å². The van der Waals surface area contributed by atoms with Gasteiger partial charge in [-0.25, -0.2) is 0 Å². The lowest BCUT2D eigenvalue weighted by Crippen LogP contribution is -2.43. The molecule has 0 aromatic rings. The van der Waals surface area contributed by atoms with Crippen LogP contribution < -0.4 is 5.32 Å². The Bertz CT molecular complexity index is 228. The Hall–Kier alpha value is -0.120. The van der Waals surface area contributed by atoms with Crippen LogP contribution in [-0.2, 0) is 9.47 Å². The van der Waals surface area contributed by atoms with E-state index in [9.17, 15) is 0 Å². The Balaban J connectivity index is 1.71. The van der Waals surface area contributed by atoms with Crippen molar-refractivity contribution in [2.24, 2.45) is 5.41 Å². The first-order chi connectivity index (χ1) is 8.24. The Morgan fingerprint density at radius 3 is 2.71 bits per heavy atom. The second-order valence-electron chi connectivity index (χ2n) is 5.87. The Labute approximate surface area is 105 Å². The van der Waals surface area contributed by atoms with Gasteiger partial charge in [0.1, 0.15) is 0 Å². The van der Waals surface area contributed by atoms with Gasteiger partial charge >= 0.3 is 0 Å². The van der Waals surface area contributed by atoms with Crippen LogP contribution in [0.4, 0.5) is 0 Å². The minimum Gasteiger partial charge on any atom is -0.383 e. The van der Waals surface area contributed by atoms with Crippen molar-refractivity contribution in [3.63, 3.8) is 0 Å². The third-order valence-electron chi connectivity index (χ3n) is 4.38. The zero-order valence-corrected chi connectivity index (χ0v) is 11.3. The lowest BCUT2D eigenvalue weighted by molar-refractivity contribution is -0.00433. The van der Waals surface area contributed by atoms with Crippen LogP contribution in [0.25, 0.3) is 0 Å². The maximum atomic E-state index is 5.97. The second kappa shape index (κ2) is 6.17. The highest BCUT2D eigenvalue weighted by Gasteiger charge is 2.40. The maximum Gasteiger partial charge on any atom is 0.0587 e. The van der Waals surface area contributed by atoms with Gasteiger partial charge in [0.25, 0.3) is 0 Å². The van der Waals surface area contributed by atoms with Gasteiger partial charge in [-0.2, -0.15) is 0 Å². The number of rotatable bonds is 7. The van der Waals surface area contributed by atoms with E-state index in [0.717, 1.165) is 19.7 Å². The van der Waals surface area contributed by atoms with Crippen molar-refractivity contribution in [3.05, 3.63) is 0 Å². The van der Waals surface area contributed by atoms with Crippen molar-refractivity contribution in [2.75, 3.05) is 26.8 Å². The minimum atomic E-state index is 0.485. The molecule has 0 radical (unpaired) electrons. The Kier molecular flexibility index (Phi) is 4.83. The van der Waals surface area contributed by atoms with Crippen LogP contribution in [0.3, 0.4) is 0 Å². The second-order valence-corrected chi connectivity index (χ2v) is 5.87. The van der Waals surface area contributed by atoms with E-state index in [1.165, 1.54) is 38.5 Å². The predicted octanol–water partition coefficient (Wildman–Crippen LogP) is 2.35. The van der Waals surface area contributed by atoms with Crippen LogP contribution >= 0.6 is 0 Å². The van der Waals surface area contributed by atoms with Crippen molar-refractivity contribution in [2.45, 2.75) is 57.7 Å². The third-order valence-corrected chi connectivity index (χ3v) is 4.38. The van der Waals surface area contributed by atoms with E-state index in [4.69, 9.17) is 9.47 Å². The van der Waals surface area contributed by atoms with Gasteiger partial charge in [0.15, 0.2) is 0 Å². The highest BCUT2D eigenvalue weighted by atomic mass is 16.5. The van der Waals surface area contributed by atoms with Gasteiger partial charge in [0.2, 0.25) is 0 Å². The van der Waals surface area contributed by atoms with E-state index in [2.05, 4.69) is 12.2 Å². The van der Waals surface area contributed by atoms with E-state index >= 15 is 0 Å². The molecule has 0 aromatic carbocycles. The molecule has 1 aliphatic heterocycles. The molecule has 1 saturated heterocycles. The van der Waals surface area contributed by atoms with Crippen molar-refractivity contribution in [3.8, 4) is 0 Å². The Morgan fingerprint density at radius 1 is 1.35 bits per heavy atom. The maximum absolute atomic E-state index is 5.97. The quantitative estimate of drug-likeness (QED) is 0.694. The van der Waals surface area contributed by atoms with Gasteiger partial charge in [-0.15, -0.1) is 0 Å². The van der Waals surface area contributed by atoms with E-state index < -0.39 is 0 Å². The van der Waals surface area contributed by atoms with Crippen LogP contribution in [0.5, 0.6) is 0 Å². The van der Waals surface area contributed by atoms with Gasteiger partial charge in [-0.05, 0) is 44.4 Å². The van der Waals surface area contributed by atoms with Gasteiger partial charge in [-0.3, -0.25) is 0 Å². The van der Waals surface area contributed by atoms with Crippen LogP contribution in [0.2, 0.25) is 0 Å². The molecule has 17 heavy (non-hydrogen) atoms. The van der Waals surface area contributed by atoms with Crippen molar-refractivity contribution in [1.82, 2.24) is 5.32 Å². The molecular formula is C14H27NO2. The van der Waals surface area contributed by atoms with Crippen molar-refractivity contribution < 1.29 is 9.47 Å². The summed E-state index contributed by atoms with van der Waals surface area (Å²) in [6.45, 7) is 5.13. The summed E-state index contributed by atoms with van der Waals surface area (Å²) < 4.78 is 11.0. The van der Waals surface area contributed by atoms with E-state index in [1.807, 2.05) is 0 Å². The SMILES string of the molecule is COCCNCC1(CC2CCC(C)O2)CCC1. The molecule has 0 amide bonds. The fourth-order valence-corrected chi connectivity index (χ4v) is 3.18. The molecule has 3 heteroatoms. The summed E-state index contributed by atoms with van der Waals surface area (Å²) in [4.78, 5) is 0. The smallest absolute Gasteiger partial charge is 0.0587 e. The van der Waals surface area contributed by atoms with Crippen LogP contribution in [0.1, 0.15) is 45.4 Å². The molecule has 2 unspecified atom stereocenters.